The van der Waals surface area contributed by atoms with Crippen LogP contribution in [0.3, 0.4) is 0 Å². The second kappa shape index (κ2) is 6.23. The quantitative estimate of drug-likeness (QED) is 0.624. The molecule has 0 aromatic carbocycles. The highest BCUT2D eigenvalue weighted by molar-refractivity contribution is 5.87. The summed E-state index contributed by atoms with van der Waals surface area (Å²) in [7, 11) is 0. The summed E-state index contributed by atoms with van der Waals surface area (Å²) in [4.78, 5) is 13.3. The first-order valence-electron chi connectivity index (χ1n) is 6.68. The van der Waals surface area contributed by atoms with E-state index in [1.165, 1.54) is 6.08 Å². The molecule has 5 heteroatoms. The third kappa shape index (κ3) is 2.99. The molecule has 0 bridgehead atoms. The minimum absolute atomic E-state index is 0.00643. The van der Waals surface area contributed by atoms with Gasteiger partial charge in [0.1, 0.15) is 0 Å². The Bertz CT molecular complexity index is 504. The van der Waals surface area contributed by atoms with Crippen LogP contribution in [-0.4, -0.2) is 41.7 Å². The van der Waals surface area contributed by atoms with Crippen molar-refractivity contribution < 1.29 is 4.79 Å². The predicted molar refractivity (Wildman–Crippen MR) is 80.7 cm³/mol. The molecule has 2 aliphatic heterocycles. The van der Waals surface area contributed by atoms with Gasteiger partial charge in [-0.2, -0.15) is 5.10 Å². The molecule has 2 heterocycles. The topological polar surface area (TPSA) is 47.9 Å². The third-order valence-corrected chi connectivity index (χ3v) is 3.45. The van der Waals surface area contributed by atoms with E-state index in [1.807, 2.05) is 31.4 Å². The summed E-state index contributed by atoms with van der Waals surface area (Å²) in [5.74, 6) is -0.00643. The Labute approximate surface area is 119 Å². The van der Waals surface area contributed by atoms with Crippen molar-refractivity contribution in [3.8, 4) is 0 Å². The van der Waals surface area contributed by atoms with Crippen molar-refractivity contribution in [2.24, 2.45) is 5.10 Å². The van der Waals surface area contributed by atoms with Crippen molar-refractivity contribution in [2.75, 3.05) is 13.1 Å². The zero-order valence-corrected chi connectivity index (χ0v) is 11.7. The van der Waals surface area contributed by atoms with Gasteiger partial charge in [-0.05, 0) is 31.6 Å². The highest BCUT2D eigenvalue weighted by atomic mass is 16.2. The van der Waals surface area contributed by atoms with Crippen LogP contribution in [0, 0.1) is 0 Å². The minimum atomic E-state index is -0.00643. The maximum Gasteiger partial charge on any atom is 0.246 e. The Hall–Kier alpha value is -2.30. The van der Waals surface area contributed by atoms with Crippen LogP contribution in [0.25, 0.3) is 0 Å². The number of rotatable bonds is 4. The summed E-state index contributed by atoms with van der Waals surface area (Å²) in [5.41, 5.74) is 1.96. The van der Waals surface area contributed by atoms with E-state index in [4.69, 9.17) is 0 Å². The van der Waals surface area contributed by atoms with Crippen LogP contribution < -0.4 is 5.32 Å². The number of hydrogen-bond acceptors (Lipinski definition) is 4. The minimum Gasteiger partial charge on any atom is -0.379 e. The highest BCUT2D eigenvalue weighted by Gasteiger charge is 2.25. The monoisotopic (exact) mass is 272 g/mol. The zero-order chi connectivity index (χ0) is 14.5. The normalized spacial score (nSPS) is 23.8. The summed E-state index contributed by atoms with van der Waals surface area (Å²) >= 11 is 0. The van der Waals surface area contributed by atoms with Gasteiger partial charge < -0.3 is 10.2 Å². The first kappa shape index (κ1) is 14.1. The van der Waals surface area contributed by atoms with Gasteiger partial charge in [0.05, 0.1) is 17.6 Å². The molecular formula is C15H20N4O. The molecule has 2 rings (SSSR count). The van der Waals surface area contributed by atoms with Crippen molar-refractivity contribution >= 4 is 12.6 Å². The van der Waals surface area contributed by atoms with Gasteiger partial charge in [-0.3, -0.25) is 4.79 Å². The van der Waals surface area contributed by atoms with E-state index in [0.29, 0.717) is 6.54 Å². The lowest BCUT2D eigenvalue weighted by Crippen LogP contribution is -2.34. The Morgan fingerprint density at radius 3 is 3.00 bits per heavy atom. The SMILES string of the molecule is C=CC(=O)N1CCC(NC2=CN(N=C)/C(=C\C)C=C2)C1. The lowest BCUT2D eigenvalue weighted by atomic mass is 10.2. The van der Waals surface area contributed by atoms with E-state index in [2.05, 4.69) is 23.7 Å². The Balaban J connectivity index is 1.97. The van der Waals surface area contributed by atoms with Gasteiger partial charge in [0.25, 0.3) is 0 Å². The molecule has 1 N–H and O–H groups in total. The van der Waals surface area contributed by atoms with Gasteiger partial charge in [-0.1, -0.05) is 12.7 Å². The molecule has 0 spiro atoms. The molecule has 1 unspecified atom stereocenters. The van der Waals surface area contributed by atoms with Crippen LogP contribution in [0.4, 0.5) is 0 Å². The Kier molecular flexibility index (Phi) is 4.40. The lowest BCUT2D eigenvalue weighted by molar-refractivity contribution is -0.125. The Morgan fingerprint density at radius 1 is 1.55 bits per heavy atom. The standard InChI is InChI=1S/C15H20N4O/c1-4-14-7-6-12(11-19(14)16-3)17-13-8-9-18(10-13)15(20)5-2/h4-7,11,13,17H,2-3,8-10H2,1H3/b14-4-. The highest BCUT2D eigenvalue weighted by Crippen LogP contribution is 2.18. The summed E-state index contributed by atoms with van der Waals surface area (Å²) < 4.78 is 0. The molecule has 5 nitrogen and oxygen atoms in total. The lowest BCUT2D eigenvalue weighted by Gasteiger charge is -2.23. The van der Waals surface area contributed by atoms with Crippen molar-refractivity contribution in [2.45, 2.75) is 19.4 Å². The number of likely N-dealkylation sites (tertiary alicyclic amines) is 1. The van der Waals surface area contributed by atoms with Crippen molar-refractivity contribution in [3.05, 3.63) is 48.5 Å². The molecule has 0 aromatic rings. The number of nitrogens with one attached hydrogen (secondary N) is 1. The van der Waals surface area contributed by atoms with Crippen LogP contribution in [0.15, 0.2) is 53.6 Å². The first-order valence-corrected chi connectivity index (χ1v) is 6.68. The molecule has 0 aromatic heterocycles. The molecule has 106 valence electrons. The molecule has 1 fully saturated rings. The first-order chi connectivity index (χ1) is 9.67. The molecule has 1 saturated heterocycles. The fourth-order valence-corrected chi connectivity index (χ4v) is 2.38. The maximum atomic E-state index is 11.5. The van der Waals surface area contributed by atoms with E-state index in [0.717, 1.165) is 24.4 Å². The molecule has 0 saturated carbocycles. The zero-order valence-electron chi connectivity index (χ0n) is 11.7. The van der Waals surface area contributed by atoms with E-state index in [-0.39, 0.29) is 11.9 Å². The van der Waals surface area contributed by atoms with Gasteiger partial charge in [0.15, 0.2) is 0 Å². The number of carbonyl (C=O) groups excluding carboxylic acids is 1. The van der Waals surface area contributed by atoms with Crippen molar-refractivity contribution in [1.82, 2.24) is 15.2 Å². The third-order valence-electron chi connectivity index (χ3n) is 3.45. The molecule has 0 radical (unpaired) electrons. The number of amides is 1. The number of carbonyl (C=O) groups is 1. The fraction of sp³-hybridized carbons (Fsp3) is 0.333. The molecular weight excluding hydrogens is 252 g/mol. The second-order valence-electron chi connectivity index (χ2n) is 4.74. The van der Waals surface area contributed by atoms with Gasteiger partial charge in [-0.25, -0.2) is 5.01 Å². The fourth-order valence-electron chi connectivity index (χ4n) is 2.38. The molecule has 2 aliphatic rings. The van der Waals surface area contributed by atoms with E-state index in [9.17, 15) is 4.79 Å². The van der Waals surface area contributed by atoms with Gasteiger partial charge in [-0.15, -0.1) is 0 Å². The molecule has 20 heavy (non-hydrogen) atoms. The van der Waals surface area contributed by atoms with Crippen LogP contribution >= 0.6 is 0 Å². The number of hydrazone groups is 1. The molecule has 1 atom stereocenters. The number of allylic oxidation sites excluding steroid dienone is 3. The summed E-state index contributed by atoms with van der Waals surface area (Å²) in [5, 5.41) is 9.10. The van der Waals surface area contributed by atoms with Gasteiger partial charge in [0.2, 0.25) is 5.91 Å². The largest absolute Gasteiger partial charge is 0.379 e. The summed E-state index contributed by atoms with van der Waals surface area (Å²) in [6.45, 7) is 10.5. The summed E-state index contributed by atoms with van der Waals surface area (Å²) in [6.07, 6.45) is 10.2. The van der Waals surface area contributed by atoms with E-state index < -0.39 is 0 Å². The van der Waals surface area contributed by atoms with Gasteiger partial charge in [0, 0.05) is 25.8 Å². The molecule has 0 aliphatic carbocycles. The predicted octanol–water partition coefficient (Wildman–Crippen LogP) is 1.60. The average molecular weight is 272 g/mol. The van der Waals surface area contributed by atoms with Crippen LogP contribution in [0.1, 0.15) is 13.3 Å². The number of nitrogens with zero attached hydrogens (tertiary/aromatic N) is 3. The molecule has 1 amide bonds. The van der Waals surface area contributed by atoms with E-state index in [1.54, 1.807) is 9.91 Å². The van der Waals surface area contributed by atoms with Crippen LogP contribution in [0.2, 0.25) is 0 Å². The second-order valence-corrected chi connectivity index (χ2v) is 4.74. The van der Waals surface area contributed by atoms with Crippen LogP contribution in [-0.2, 0) is 4.79 Å². The van der Waals surface area contributed by atoms with Crippen molar-refractivity contribution in [1.29, 1.82) is 0 Å². The smallest absolute Gasteiger partial charge is 0.246 e. The Morgan fingerprint density at radius 2 is 2.35 bits per heavy atom. The van der Waals surface area contributed by atoms with Crippen LogP contribution in [0.5, 0.6) is 0 Å². The maximum absolute atomic E-state index is 11.5. The summed E-state index contributed by atoms with van der Waals surface area (Å²) in [6, 6.07) is 0.258. The van der Waals surface area contributed by atoms with Gasteiger partial charge >= 0.3 is 0 Å². The van der Waals surface area contributed by atoms with Crippen molar-refractivity contribution in [3.63, 3.8) is 0 Å². The van der Waals surface area contributed by atoms with E-state index >= 15 is 0 Å². The average Bonchev–Trinajstić information content (AvgIpc) is 2.94. The number of hydrogen-bond donors (Lipinski definition) is 1.